The summed E-state index contributed by atoms with van der Waals surface area (Å²) in [5, 5.41) is 11.1. The fourth-order valence-electron chi connectivity index (χ4n) is 1.40. The maximum atomic E-state index is 11.4. The van der Waals surface area contributed by atoms with Crippen molar-refractivity contribution in [1.82, 2.24) is 20.0 Å². The molecule has 0 aliphatic rings. The molecule has 0 aliphatic carbocycles. The second kappa shape index (κ2) is 5.72. The molecule has 6 nitrogen and oxygen atoms in total. The van der Waals surface area contributed by atoms with Gasteiger partial charge in [-0.3, -0.25) is 0 Å². The number of thiazole rings is 1. The number of aromatic nitrogens is 4. The van der Waals surface area contributed by atoms with Crippen molar-refractivity contribution in [1.29, 1.82) is 0 Å². The standard InChI is InChI=1S/C11H14N4O2S/c1-3-10-13-8(7-18-10)6-15-12-5-9(14-15)11(16)17-4-2/h5,7H,3-4,6H2,1-2H3. The topological polar surface area (TPSA) is 69.9 Å². The van der Waals surface area contributed by atoms with Gasteiger partial charge in [-0.15, -0.1) is 16.4 Å². The van der Waals surface area contributed by atoms with E-state index in [1.54, 1.807) is 18.3 Å². The Morgan fingerprint density at radius 3 is 3.00 bits per heavy atom. The maximum Gasteiger partial charge on any atom is 0.360 e. The van der Waals surface area contributed by atoms with Crippen LogP contribution in [0.3, 0.4) is 0 Å². The molecule has 96 valence electrons. The predicted molar refractivity (Wildman–Crippen MR) is 66.6 cm³/mol. The minimum Gasteiger partial charge on any atom is -0.461 e. The minimum atomic E-state index is -0.448. The van der Waals surface area contributed by atoms with E-state index in [0.29, 0.717) is 13.2 Å². The van der Waals surface area contributed by atoms with Gasteiger partial charge in [0.25, 0.3) is 0 Å². The Bertz CT molecular complexity index is 535. The summed E-state index contributed by atoms with van der Waals surface area (Å²) in [5.74, 6) is -0.448. The van der Waals surface area contributed by atoms with Crippen LogP contribution >= 0.6 is 11.3 Å². The highest BCUT2D eigenvalue weighted by Crippen LogP contribution is 2.10. The number of esters is 1. The first-order valence-corrected chi connectivity index (χ1v) is 6.61. The summed E-state index contributed by atoms with van der Waals surface area (Å²) in [7, 11) is 0. The lowest BCUT2D eigenvalue weighted by Crippen LogP contribution is -2.08. The Morgan fingerprint density at radius 2 is 2.33 bits per heavy atom. The van der Waals surface area contributed by atoms with E-state index in [2.05, 4.69) is 22.1 Å². The molecular formula is C11H14N4O2S. The van der Waals surface area contributed by atoms with Gasteiger partial charge in [0.1, 0.15) is 6.54 Å². The number of aryl methyl sites for hydroxylation is 1. The Hall–Kier alpha value is -1.76. The highest BCUT2D eigenvalue weighted by molar-refractivity contribution is 7.09. The van der Waals surface area contributed by atoms with Crippen LogP contribution in [0.2, 0.25) is 0 Å². The van der Waals surface area contributed by atoms with Crippen molar-refractivity contribution in [3.63, 3.8) is 0 Å². The van der Waals surface area contributed by atoms with Gasteiger partial charge in [-0.1, -0.05) is 6.92 Å². The van der Waals surface area contributed by atoms with Crippen molar-refractivity contribution in [3.8, 4) is 0 Å². The minimum absolute atomic E-state index is 0.225. The molecule has 0 saturated heterocycles. The van der Waals surface area contributed by atoms with Gasteiger partial charge in [0.2, 0.25) is 0 Å². The van der Waals surface area contributed by atoms with E-state index >= 15 is 0 Å². The van der Waals surface area contributed by atoms with Crippen molar-refractivity contribution in [2.24, 2.45) is 0 Å². The third kappa shape index (κ3) is 2.92. The predicted octanol–water partition coefficient (Wildman–Crippen LogP) is 1.52. The molecule has 0 aliphatic heterocycles. The SMILES string of the molecule is CCOC(=O)c1cnn(Cc2csc(CC)n2)n1. The highest BCUT2D eigenvalue weighted by atomic mass is 32.1. The lowest BCUT2D eigenvalue weighted by molar-refractivity contribution is 0.0518. The van der Waals surface area contributed by atoms with Crippen LogP contribution in [0.25, 0.3) is 0 Å². The molecule has 0 spiro atoms. The second-order valence-corrected chi connectivity index (χ2v) is 4.51. The van der Waals surface area contributed by atoms with Crippen LogP contribution < -0.4 is 0 Å². The molecule has 18 heavy (non-hydrogen) atoms. The highest BCUT2D eigenvalue weighted by Gasteiger charge is 2.12. The smallest absolute Gasteiger partial charge is 0.360 e. The Labute approximate surface area is 109 Å². The molecule has 0 bridgehead atoms. The fraction of sp³-hybridized carbons (Fsp3) is 0.455. The molecule has 0 amide bonds. The number of hydrogen-bond acceptors (Lipinski definition) is 6. The molecule has 0 saturated carbocycles. The lowest BCUT2D eigenvalue weighted by atomic mass is 10.5. The first-order chi connectivity index (χ1) is 8.72. The zero-order valence-electron chi connectivity index (χ0n) is 10.3. The van der Waals surface area contributed by atoms with Gasteiger partial charge in [-0.25, -0.2) is 9.78 Å². The van der Waals surface area contributed by atoms with E-state index in [1.807, 2.05) is 5.38 Å². The lowest BCUT2D eigenvalue weighted by Gasteiger charge is -1.97. The van der Waals surface area contributed by atoms with Crippen LogP contribution in [-0.4, -0.2) is 32.6 Å². The zero-order valence-corrected chi connectivity index (χ0v) is 11.1. The van der Waals surface area contributed by atoms with Gasteiger partial charge in [0, 0.05) is 5.38 Å². The van der Waals surface area contributed by atoms with E-state index in [4.69, 9.17) is 4.74 Å². The molecule has 7 heteroatoms. The third-order valence-electron chi connectivity index (χ3n) is 2.23. The number of rotatable bonds is 5. The van der Waals surface area contributed by atoms with Crippen molar-refractivity contribution < 1.29 is 9.53 Å². The van der Waals surface area contributed by atoms with Gasteiger partial charge in [0.05, 0.1) is 23.5 Å². The third-order valence-corrected chi connectivity index (χ3v) is 3.27. The summed E-state index contributed by atoms with van der Waals surface area (Å²) in [4.78, 5) is 17.3. The van der Waals surface area contributed by atoms with Crippen LogP contribution in [-0.2, 0) is 17.7 Å². The summed E-state index contributed by atoms with van der Waals surface area (Å²) in [6.07, 6.45) is 2.33. The Balaban J connectivity index is 2.04. The monoisotopic (exact) mass is 266 g/mol. The van der Waals surface area contributed by atoms with Gasteiger partial charge in [0.15, 0.2) is 5.69 Å². The number of ether oxygens (including phenoxy) is 1. The van der Waals surface area contributed by atoms with Crippen molar-refractivity contribution in [2.45, 2.75) is 26.8 Å². The summed E-state index contributed by atoms with van der Waals surface area (Å²) in [6.45, 7) is 4.62. The molecule has 0 N–H and O–H groups in total. The molecule has 0 fully saturated rings. The first-order valence-electron chi connectivity index (χ1n) is 5.73. The normalized spacial score (nSPS) is 10.6. The molecule has 0 aromatic carbocycles. The van der Waals surface area contributed by atoms with Crippen LogP contribution in [0.1, 0.15) is 35.0 Å². The number of hydrogen-bond donors (Lipinski definition) is 0. The van der Waals surface area contributed by atoms with Gasteiger partial charge >= 0.3 is 5.97 Å². The van der Waals surface area contributed by atoms with E-state index in [1.165, 1.54) is 11.0 Å². The van der Waals surface area contributed by atoms with Crippen LogP contribution in [0, 0.1) is 0 Å². The Kier molecular flexibility index (Phi) is 4.03. The molecule has 2 rings (SSSR count). The van der Waals surface area contributed by atoms with Crippen molar-refractivity contribution >= 4 is 17.3 Å². The van der Waals surface area contributed by atoms with E-state index in [9.17, 15) is 4.79 Å². The van der Waals surface area contributed by atoms with Crippen LogP contribution in [0.15, 0.2) is 11.6 Å². The second-order valence-electron chi connectivity index (χ2n) is 3.57. The number of carbonyl (C=O) groups is 1. The van der Waals surface area contributed by atoms with E-state index < -0.39 is 5.97 Å². The maximum absolute atomic E-state index is 11.4. The summed E-state index contributed by atoms with van der Waals surface area (Å²) < 4.78 is 4.84. The molecule has 2 aromatic heterocycles. The molecule has 0 unspecified atom stereocenters. The molecule has 2 aromatic rings. The fourth-order valence-corrected chi connectivity index (χ4v) is 2.14. The average Bonchev–Trinajstić information content (AvgIpc) is 2.99. The quantitative estimate of drug-likeness (QED) is 0.767. The largest absolute Gasteiger partial charge is 0.461 e. The van der Waals surface area contributed by atoms with Crippen molar-refractivity contribution in [2.75, 3.05) is 6.61 Å². The van der Waals surface area contributed by atoms with Crippen LogP contribution in [0.4, 0.5) is 0 Å². The molecule has 2 heterocycles. The molecular weight excluding hydrogens is 252 g/mol. The van der Waals surface area contributed by atoms with Gasteiger partial charge < -0.3 is 4.74 Å². The summed E-state index contributed by atoms with van der Waals surface area (Å²) in [5.41, 5.74) is 1.13. The number of nitrogens with zero attached hydrogens (tertiary/aromatic N) is 4. The van der Waals surface area contributed by atoms with Crippen molar-refractivity contribution in [3.05, 3.63) is 28.0 Å². The zero-order chi connectivity index (χ0) is 13.0. The Morgan fingerprint density at radius 1 is 1.50 bits per heavy atom. The first kappa shape index (κ1) is 12.7. The average molecular weight is 266 g/mol. The van der Waals surface area contributed by atoms with Crippen LogP contribution in [0.5, 0.6) is 0 Å². The van der Waals surface area contributed by atoms with Gasteiger partial charge in [-0.2, -0.15) is 9.90 Å². The summed E-state index contributed by atoms with van der Waals surface area (Å²) >= 11 is 1.62. The van der Waals surface area contributed by atoms with Gasteiger partial charge in [-0.05, 0) is 13.3 Å². The molecule has 0 atom stereocenters. The van der Waals surface area contributed by atoms with E-state index in [0.717, 1.165) is 17.1 Å². The number of carbonyl (C=O) groups excluding carboxylic acids is 1. The molecule has 0 radical (unpaired) electrons. The summed E-state index contributed by atoms with van der Waals surface area (Å²) in [6, 6.07) is 0. The van der Waals surface area contributed by atoms with E-state index in [-0.39, 0.29) is 5.69 Å².